The molecule has 1 aliphatic carbocycles. The van der Waals surface area contributed by atoms with Crippen LogP contribution in [-0.4, -0.2) is 21.8 Å². The zero-order valence-corrected chi connectivity index (χ0v) is 23.4. The van der Waals surface area contributed by atoms with Crippen molar-refractivity contribution in [2.45, 2.75) is 39.3 Å². The van der Waals surface area contributed by atoms with Gasteiger partial charge in [-0.25, -0.2) is 9.37 Å². The van der Waals surface area contributed by atoms with Crippen LogP contribution in [0, 0.1) is 11.2 Å². The second-order valence-electron chi connectivity index (χ2n) is 11.0. The number of fused-ring (bicyclic) bond motifs is 1. The van der Waals surface area contributed by atoms with E-state index in [9.17, 15) is 14.7 Å². The molecule has 0 fully saturated rings. The lowest BCUT2D eigenvalue weighted by Crippen LogP contribution is -2.40. The molecule has 1 aliphatic heterocycles. The number of allylic oxidation sites excluding steroid dienone is 1. The summed E-state index contributed by atoms with van der Waals surface area (Å²) in [6.45, 7) is 4.23. The lowest BCUT2D eigenvalue weighted by Gasteiger charge is -2.37. The second kappa shape index (κ2) is 10.5. The van der Waals surface area contributed by atoms with Crippen molar-refractivity contribution in [1.29, 1.82) is 0 Å². The van der Waals surface area contributed by atoms with E-state index in [-0.39, 0.29) is 46.9 Å². The Balaban J connectivity index is 1.51. The van der Waals surface area contributed by atoms with E-state index in [0.29, 0.717) is 29.1 Å². The summed E-state index contributed by atoms with van der Waals surface area (Å²) in [7, 11) is 0. The number of halogens is 1. The summed E-state index contributed by atoms with van der Waals surface area (Å²) in [6, 6.07) is 17.7. The highest BCUT2D eigenvalue weighted by Crippen LogP contribution is 2.51. The minimum Gasteiger partial charge on any atom is -0.506 e. The lowest BCUT2D eigenvalue weighted by molar-refractivity contribution is -0.118. The van der Waals surface area contributed by atoms with Crippen LogP contribution in [0.15, 0.2) is 88.9 Å². The maximum atomic E-state index is 16.1. The quantitative estimate of drug-likeness (QED) is 0.251. The number of thiazole rings is 1. The Kier molecular flexibility index (Phi) is 6.83. The van der Waals surface area contributed by atoms with Gasteiger partial charge in [0.1, 0.15) is 35.3 Å². The average Bonchev–Trinajstić information content (AvgIpc) is 3.43. The number of rotatable bonds is 5. The summed E-state index contributed by atoms with van der Waals surface area (Å²) < 4.78 is 22.0. The largest absolute Gasteiger partial charge is 0.506 e. The SMILES string of the molecule is CC1(C)CC(=O)C2=C(C1)Nc1c(O)cccc1N(C(=O)c1cscn1)[C@H]2c1ccc(OCc2ccccc2)cc1F. The molecular weight excluding hydrogens is 541 g/mol. The van der Waals surface area contributed by atoms with Gasteiger partial charge in [0.2, 0.25) is 0 Å². The highest BCUT2D eigenvalue weighted by molar-refractivity contribution is 7.07. The number of nitrogens with zero attached hydrogens (tertiary/aromatic N) is 2. The molecule has 1 atom stereocenters. The Hall–Kier alpha value is -4.50. The van der Waals surface area contributed by atoms with Gasteiger partial charge >= 0.3 is 0 Å². The standard InChI is InChI=1S/C32H28FN3O4S/c1-32(2)14-23-28(27(38)15-32)30(21-12-11-20(13-22(21)33)40-16-19-7-4-3-5-8-19)36(31(39)24-17-41-18-34-24)25-9-6-10-26(37)29(25)35-23/h3-13,17-18,30,35,37H,14-16H2,1-2H3/t30-/m0/s1. The number of phenols is 1. The molecule has 2 aliphatic rings. The van der Waals surface area contributed by atoms with Crippen molar-refractivity contribution in [1.82, 2.24) is 4.98 Å². The number of aromatic hydroxyl groups is 1. The van der Waals surface area contributed by atoms with E-state index in [0.717, 1.165) is 5.56 Å². The fraction of sp³-hybridized carbons (Fsp3) is 0.219. The van der Waals surface area contributed by atoms with Crippen molar-refractivity contribution in [3.63, 3.8) is 0 Å². The Bertz CT molecular complexity index is 1670. The number of hydrogen-bond acceptors (Lipinski definition) is 7. The Morgan fingerprint density at radius 1 is 1.15 bits per heavy atom. The minimum absolute atomic E-state index is 0.0907. The molecule has 41 heavy (non-hydrogen) atoms. The minimum atomic E-state index is -1.11. The highest BCUT2D eigenvalue weighted by Gasteiger charge is 2.45. The highest BCUT2D eigenvalue weighted by atomic mass is 32.1. The number of phenolic OH excluding ortho intramolecular Hbond substituents is 1. The first-order chi connectivity index (χ1) is 19.7. The van der Waals surface area contributed by atoms with E-state index in [2.05, 4.69) is 10.3 Å². The van der Waals surface area contributed by atoms with Gasteiger partial charge in [0.15, 0.2) is 5.78 Å². The first-order valence-electron chi connectivity index (χ1n) is 13.2. The van der Waals surface area contributed by atoms with Gasteiger partial charge in [-0.05, 0) is 41.7 Å². The summed E-state index contributed by atoms with van der Waals surface area (Å²) in [4.78, 5) is 33.5. The molecule has 3 aromatic carbocycles. The lowest BCUT2D eigenvalue weighted by atomic mass is 9.73. The maximum absolute atomic E-state index is 16.1. The molecule has 0 saturated carbocycles. The third kappa shape index (κ3) is 5.09. The number of carbonyl (C=O) groups excluding carboxylic acids is 2. The first kappa shape index (κ1) is 26.7. The second-order valence-corrected chi connectivity index (χ2v) is 11.8. The van der Waals surface area contributed by atoms with Crippen LogP contribution >= 0.6 is 11.3 Å². The molecule has 0 bridgehead atoms. The monoisotopic (exact) mass is 569 g/mol. The van der Waals surface area contributed by atoms with Gasteiger partial charge in [-0.2, -0.15) is 0 Å². The van der Waals surface area contributed by atoms with Crippen LogP contribution < -0.4 is 15.0 Å². The fourth-order valence-corrected chi connectivity index (χ4v) is 6.09. The predicted octanol–water partition coefficient (Wildman–Crippen LogP) is 7.02. The number of carbonyl (C=O) groups is 2. The van der Waals surface area contributed by atoms with Crippen LogP contribution in [0.3, 0.4) is 0 Å². The topological polar surface area (TPSA) is 91.8 Å². The normalized spacial score (nSPS) is 17.8. The Morgan fingerprint density at radius 3 is 2.68 bits per heavy atom. The van der Waals surface area contributed by atoms with Gasteiger partial charge < -0.3 is 15.2 Å². The number of nitrogens with one attached hydrogen (secondary N) is 1. The van der Waals surface area contributed by atoms with Crippen LogP contribution in [0.4, 0.5) is 15.8 Å². The smallest absolute Gasteiger partial charge is 0.278 e. The van der Waals surface area contributed by atoms with Crippen molar-refractivity contribution < 1.29 is 23.8 Å². The van der Waals surface area contributed by atoms with Crippen LogP contribution in [-0.2, 0) is 11.4 Å². The molecule has 9 heteroatoms. The molecule has 0 saturated heterocycles. The molecule has 4 aromatic rings. The van der Waals surface area contributed by atoms with Crippen LogP contribution in [0.25, 0.3) is 0 Å². The van der Waals surface area contributed by atoms with E-state index in [4.69, 9.17) is 4.74 Å². The number of ketones is 1. The number of amides is 1. The number of aromatic nitrogens is 1. The predicted molar refractivity (Wildman–Crippen MR) is 156 cm³/mol. The summed E-state index contributed by atoms with van der Waals surface area (Å²) in [5, 5.41) is 15.8. The number of Topliss-reactive ketones (excluding diaryl/α,β-unsaturated/α-hetero) is 1. The van der Waals surface area contributed by atoms with Crippen molar-refractivity contribution in [2.24, 2.45) is 5.41 Å². The first-order valence-corrected chi connectivity index (χ1v) is 14.2. The van der Waals surface area contributed by atoms with Gasteiger partial charge in [0.25, 0.3) is 5.91 Å². The number of hydrogen-bond donors (Lipinski definition) is 2. The molecule has 1 amide bonds. The summed E-state index contributed by atoms with van der Waals surface area (Å²) in [5.41, 5.74) is 3.84. The molecule has 6 rings (SSSR count). The molecule has 2 heterocycles. The van der Waals surface area contributed by atoms with Crippen molar-refractivity contribution in [3.8, 4) is 11.5 Å². The third-order valence-electron chi connectivity index (χ3n) is 7.39. The van der Waals surface area contributed by atoms with Crippen LogP contribution in [0.2, 0.25) is 0 Å². The van der Waals surface area contributed by atoms with E-state index in [1.54, 1.807) is 35.2 Å². The number of para-hydroxylation sites is 1. The Labute approximate surface area is 240 Å². The van der Waals surface area contributed by atoms with E-state index < -0.39 is 17.8 Å². The van der Waals surface area contributed by atoms with E-state index in [1.807, 2.05) is 44.2 Å². The molecule has 2 N–H and O–H groups in total. The third-order valence-corrected chi connectivity index (χ3v) is 7.98. The average molecular weight is 570 g/mol. The fourth-order valence-electron chi connectivity index (χ4n) is 5.56. The van der Waals surface area contributed by atoms with Gasteiger partial charge in [0.05, 0.1) is 17.2 Å². The molecule has 208 valence electrons. The molecule has 0 unspecified atom stereocenters. The van der Waals surface area contributed by atoms with E-state index in [1.165, 1.54) is 28.4 Å². The van der Waals surface area contributed by atoms with Gasteiger partial charge in [0, 0.05) is 34.7 Å². The van der Waals surface area contributed by atoms with E-state index >= 15 is 4.39 Å². The number of ether oxygens (including phenoxy) is 1. The number of benzene rings is 3. The zero-order chi connectivity index (χ0) is 28.7. The van der Waals surface area contributed by atoms with Gasteiger partial charge in [-0.3, -0.25) is 14.5 Å². The van der Waals surface area contributed by atoms with Crippen molar-refractivity contribution in [2.75, 3.05) is 10.2 Å². The van der Waals surface area contributed by atoms with Crippen LogP contribution in [0.1, 0.15) is 54.3 Å². The van der Waals surface area contributed by atoms with Crippen LogP contribution in [0.5, 0.6) is 11.5 Å². The molecular formula is C32H28FN3O4S. The molecule has 0 radical (unpaired) electrons. The van der Waals surface area contributed by atoms with Gasteiger partial charge in [-0.15, -0.1) is 11.3 Å². The Morgan fingerprint density at radius 2 is 1.95 bits per heavy atom. The molecule has 1 aromatic heterocycles. The summed E-state index contributed by atoms with van der Waals surface area (Å²) >= 11 is 1.26. The summed E-state index contributed by atoms with van der Waals surface area (Å²) in [6.07, 6.45) is 0.696. The number of anilines is 2. The molecule has 0 spiro atoms. The zero-order valence-electron chi connectivity index (χ0n) is 22.6. The maximum Gasteiger partial charge on any atom is 0.278 e. The van der Waals surface area contributed by atoms with Gasteiger partial charge in [-0.1, -0.05) is 50.2 Å². The molecule has 7 nitrogen and oxygen atoms in total. The summed E-state index contributed by atoms with van der Waals surface area (Å²) in [5.74, 6) is -1.10. The van der Waals surface area contributed by atoms with Crippen molar-refractivity contribution in [3.05, 3.63) is 112 Å². The van der Waals surface area contributed by atoms with Crippen molar-refractivity contribution >= 4 is 34.4 Å².